The van der Waals surface area contributed by atoms with Gasteiger partial charge in [0.2, 0.25) is 0 Å². The Balaban J connectivity index is 1.53. The molecule has 8 nitrogen and oxygen atoms in total. The van der Waals surface area contributed by atoms with Gasteiger partial charge in [0.25, 0.3) is 5.56 Å². The molecule has 4 heterocycles. The monoisotopic (exact) mass is 587 g/mol. The summed E-state index contributed by atoms with van der Waals surface area (Å²) in [5, 5.41) is 1.94. The van der Waals surface area contributed by atoms with Crippen molar-refractivity contribution >= 4 is 46.1 Å². The van der Waals surface area contributed by atoms with Crippen LogP contribution in [-0.2, 0) is 14.3 Å². The number of benzene rings is 2. The van der Waals surface area contributed by atoms with Gasteiger partial charge in [0.15, 0.2) is 4.80 Å². The molecule has 210 valence electrons. The molecular weight excluding hydrogens is 558 g/mol. The highest BCUT2D eigenvalue weighted by Crippen LogP contribution is 2.37. The Hall–Kier alpha value is -3.99. The number of morpholine rings is 1. The van der Waals surface area contributed by atoms with Gasteiger partial charge in [-0.3, -0.25) is 9.36 Å². The zero-order chi connectivity index (χ0) is 28.3. The third-order valence-corrected chi connectivity index (χ3v) is 8.97. The lowest BCUT2D eigenvalue weighted by molar-refractivity contribution is -0.138. The molecule has 0 radical (unpaired) electrons. The van der Waals surface area contributed by atoms with Crippen LogP contribution in [0.3, 0.4) is 0 Å². The number of esters is 1. The second kappa shape index (κ2) is 11.9. The van der Waals surface area contributed by atoms with Crippen LogP contribution in [-0.4, -0.2) is 50.6 Å². The average molecular weight is 588 g/mol. The second-order valence-electron chi connectivity index (χ2n) is 9.47. The Bertz CT molecular complexity index is 1770. The SMILES string of the molecule is CCOC(=O)C1=C(c2ccccc2)N=c2sc(=Cc3ccc(N4CCOCC4)cc3OC)c(=O)n2C1c1cccs1. The third-order valence-electron chi connectivity index (χ3n) is 7.07. The van der Waals surface area contributed by atoms with E-state index in [1.165, 1.54) is 22.7 Å². The number of rotatable bonds is 7. The minimum atomic E-state index is -0.659. The number of methoxy groups -OCH3 is 1. The standard InChI is InChI=1S/C31H29N3O5S2/c1-3-39-30(36)26-27(20-8-5-4-6-9-20)32-31-34(28(26)24-10-7-17-40-24)29(35)25(41-31)18-21-11-12-22(19-23(21)37-2)33-13-15-38-16-14-33/h4-12,17-19,28H,3,13-16H2,1-2H3. The first kappa shape index (κ1) is 27.2. The second-order valence-corrected chi connectivity index (χ2v) is 11.5. The van der Waals surface area contributed by atoms with Gasteiger partial charge in [-0.05, 0) is 36.6 Å². The molecule has 2 aliphatic rings. The smallest absolute Gasteiger partial charge is 0.338 e. The van der Waals surface area contributed by atoms with Crippen LogP contribution < -0.4 is 24.5 Å². The number of carbonyl (C=O) groups excluding carboxylic acids is 1. The number of carbonyl (C=O) groups is 1. The van der Waals surface area contributed by atoms with Crippen molar-refractivity contribution in [2.75, 3.05) is 44.9 Å². The number of thiophene rings is 1. The number of fused-ring (bicyclic) bond motifs is 1. The van der Waals surface area contributed by atoms with E-state index in [1.807, 2.05) is 72.1 Å². The van der Waals surface area contributed by atoms with Crippen LogP contribution in [0, 0.1) is 0 Å². The molecule has 1 fully saturated rings. The van der Waals surface area contributed by atoms with Crippen molar-refractivity contribution in [2.45, 2.75) is 13.0 Å². The summed E-state index contributed by atoms with van der Waals surface area (Å²) in [6.45, 7) is 5.00. The molecule has 0 spiro atoms. The number of hydrogen-bond acceptors (Lipinski definition) is 9. The first-order valence-corrected chi connectivity index (χ1v) is 15.1. The minimum absolute atomic E-state index is 0.215. The Morgan fingerprint density at radius 1 is 1.12 bits per heavy atom. The van der Waals surface area contributed by atoms with Gasteiger partial charge < -0.3 is 19.1 Å². The average Bonchev–Trinajstić information content (AvgIpc) is 3.66. The zero-order valence-electron chi connectivity index (χ0n) is 22.7. The van der Waals surface area contributed by atoms with Gasteiger partial charge >= 0.3 is 5.97 Å². The van der Waals surface area contributed by atoms with E-state index in [0.29, 0.717) is 39.6 Å². The van der Waals surface area contributed by atoms with Crippen molar-refractivity contribution in [3.8, 4) is 5.75 Å². The summed E-state index contributed by atoms with van der Waals surface area (Å²) < 4.78 is 18.9. The first-order chi connectivity index (χ1) is 20.1. The maximum absolute atomic E-state index is 14.1. The Morgan fingerprint density at radius 3 is 2.63 bits per heavy atom. The lowest BCUT2D eigenvalue weighted by Gasteiger charge is -2.29. The normalized spacial score (nSPS) is 17.3. The van der Waals surface area contributed by atoms with Crippen molar-refractivity contribution in [3.63, 3.8) is 0 Å². The molecule has 0 amide bonds. The predicted octanol–water partition coefficient (Wildman–Crippen LogP) is 3.84. The van der Waals surface area contributed by atoms with Gasteiger partial charge in [-0.15, -0.1) is 11.3 Å². The van der Waals surface area contributed by atoms with E-state index in [1.54, 1.807) is 18.6 Å². The topological polar surface area (TPSA) is 82.4 Å². The minimum Gasteiger partial charge on any atom is -0.496 e. The molecule has 41 heavy (non-hydrogen) atoms. The van der Waals surface area contributed by atoms with Crippen LogP contribution in [0.2, 0.25) is 0 Å². The van der Waals surface area contributed by atoms with Crippen LogP contribution in [0.4, 0.5) is 5.69 Å². The Kier molecular flexibility index (Phi) is 7.86. The highest BCUT2D eigenvalue weighted by atomic mass is 32.1. The van der Waals surface area contributed by atoms with Crippen LogP contribution in [0.5, 0.6) is 5.75 Å². The van der Waals surface area contributed by atoms with E-state index in [-0.39, 0.29) is 12.2 Å². The molecule has 10 heteroatoms. The number of nitrogens with zero attached hydrogens (tertiary/aromatic N) is 3. The van der Waals surface area contributed by atoms with Crippen LogP contribution in [0.1, 0.15) is 29.0 Å². The van der Waals surface area contributed by atoms with Gasteiger partial charge in [0.05, 0.1) is 42.7 Å². The van der Waals surface area contributed by atoms with Gasteiger partial charge in [-0.1, -0.05) is 47.7 Å². The van der Waals surface area contributed by atoms with Crippen molar-refractivity contribution in [2.24, 2.45) is 4.99 Å². The molecular formula is C31H29N3O5S2. The van der Waals surface area contributed by atoms with E-state index in [2.05, 4.69) is 4.90 Å². The summed E-state index contributed by atoms with van der Waals surface area (Å²) in [7, 11) is 1.63. The quantitative estimate of drug-likeness (QED) is 0.306. The van der Waals surface area contributed by atoms with E-state index < -0.39 is 12.0 Å². The van der Waals surface area contributed by atoms with E-state index in [9.17, 15) is 9.59 Å². The van der Waals surface area contributed by atoms with Crippen molar-refractivity contribution in [1.82, 2.24) is 4.57 Å². The highest BCUT2D eigenvalue weighted by molar-refractivity contribution is 7.10. The van der Waals surface area contributed by atoms with Gasteiger partial charge in [-0.2, -0.15) is 0 Å². The molecule has 6 rings (SSSR count). The molecule has 0 saturated carbocycles. The molecule has 0 N–H and O–H groups in total. The van der Waals surface area contributed by atoms with E-state index in [4.69, 9.17) is 19.2 Å². The molecule has 2 aromatic carbocycles. The summed E-state index contributed by atoms with van der Waals surface area (Å²) in [6.07, 6.45) is 1.84. The summed E-state index contributed by atoms with van der Waals surface area (Å²) in [5.74, 6) is 0.190. The maximum Gasteiger partial charge on any atom is 0.338 e. The number of aromatic nitrogens is 1. The van der Waals surface area contributed by atoms with Crippen LogP contribution in [0.25, 0.3) is 11.8 Å². The lowest BCUT2D eigenvalue weighted by atomic mass is 9.97. The zero-order valence-corrected chi connectivity index (χ0v) is 24.4. The predicted molar refractivity (Wildman–Crippen MR) is 161 cm³/mol. The van der Waals surface area contributed by atoms with Gasteiger partial charge in [0.1, 0.15) is 11.8 Å². The van der Waals surface area contributed by atoms with Crippen molar-refractivity contribution in [3.05, 3.63) is 107 Å². The highest BCUT2D eigenvalue weighted by Gasteiger charge is 2.35. The molecule has 2 aromatic heterocycles. The molecule has 1 atom stereocenters. The van der Waals surface area contributed by atoms with Crippen molar-refractivity contribution in [1.29, 1.82) is 0 Å². The fourth-order valence-electron chi connectivity index (χ4n) is 5.13. The maximum atomic E-state index is 14.1. The van der Waals surface area contributed by atoms with Gasteiger partial charge in [0, 0.05) is 40.8 Å². The first-order valence-electron chi connectivity index (χ1n) is 13.4. The number of hydrogen-bond donors (Lipinski definition) is 0. The summed E-state index contributed by atoms with van der Waals surface area (Å²) >= 11 is 2.79. The molecule has 1 saturated heterocycles. The van der Waals surface area contributed by atoms with Crippen LogP contribution >= 0.6 is 22.7 Å². The fraction of sp³-hybridized carbons (Fsp3) is 0.258. The van der Waals surface area contributed by atoms with Crippen molar-refractivity contribution < 1.29 is 19.0 Å². The number of thiazole rings is 1. The fourth-order valence-corrected chi connectivity index (χ4v) is 6.95. The third kappa shape index (κ3) is 5.26. The molecule has 0 aliphatic carbocycles. The summed E-state index contributed by atoms with van der Waals surface area (Å²) in [6, 6.07) is 18.8. The largest absolute Gasteiger partial charge is 0.496 e. The number of ether oxygens (including phenoxy) is 3. The molecule has 0 bridgehead atoms. The van der Waals surface area contributed by atoms with Crippen LogP contribution in [0.15, 0.2) is 81.4 Å². The van der Waals surface area contributed by atoms with E-state index >= 15 is 0 Å². The Morgan fingerprint density at radius 2 is 1.93 bits per heavy atom. The summed E-state index contributed by atoms with van der Waals surface area (Å²) in [4.78, 5) is 36.1. The Labute approximate surface area is 245 Å². The molecule has 4 aromatic rings. The lowest BCUT2D eigenvalue weighted by Crippen LogP contribution is -2.39. The number of anilines is 1. The van der Waals surface area contributed by atoms with E-state index in [0.717, 1.165) is 34.8 Å². The summed E-state index contributed by atoms with van der Waals surface area (Å²) in [5.41, 5.74) is 3.27. The molecule has 2 aliphatic heterocycles. The van der Waals surface area contributed by atoms with Gasteiger partial charge in [-0.25, -0.2) is 9.79 Å². The molecule has 1 unspecified atom stereocenters.